The van der Waals surface area contributed by atoms with Crippen LogP contribution in [0.3, 0.4) is 0 Å². The monoisotopic (exact) mass is 215 g/mol. The number of hydrogen-bond donors (Lipinski definition) is 2. The first-order valence-corrected chi connectivity index (χ1v) is 5.36. The average molecular weight is 215 g/mol. The quantitative estimate of drug-likeness (QED) is 0.803. The van der Waals surface area contributed by atoms with E-state index in [2.05, 4.69) is 24.4 Å². The summed E-state index contributed by atoms with van der Waals surface area (Å²) in [5, 5.41) is 11.8. The van der Waals surface area contributed by atoms with E-state index in [1.807, 2.05) is 24.3 Å². The highest BCUT2D eigenvalue weighted by molar-refractivity contribution is 5.41. The van der Waals surface area contributed by atoms with Gasteiger partial charge < -0.3 is 10.4 Å². The number of aromatic hydroxyl groups is 1. The van der Waals surface area contributed by atoms with Crippen LogP contribution < -0.4 is 5.32 Å². The van der Waals surface area contributed by atoms with Gasteiger partial charge in [-0.3, -0.25) is 0 Å². The molecule has 0 aliphatic rings. The molecule has 0 heterocycles. The Hall–Kier alpha value is -1.96. The van der Waals surface area contributed by atoms with Crippen molar-refractivity contribution in [1.29, 1.82) is 0 Å². The number of para-hydroxylation sites is 2. The maximum Gasteiger partial charge on any atom is 0.115 e. The van der Waals surface area contributed by atoms with Gasteiger partial charge in [-0.15, -0.1) is 0 Å². The van der Waals surface area contributed by atoms with Crippen molar-refractivity contribution in [2.24, 2.45) is 0 Å². The summed E-state index contributed by atoms with van der Waals surface area (Å²) in [5.41, 5.74) is 1.19. The summed E-state index contributed by atoms with van der Waals surface area (Å²) >= 11 is 0. The van der Waals surface area contributed by atoms with Crippen LogP contribution in [0.5, 0.6) is 5.75 Å². The van der Waals surface area contributed by atoms with Crippen molar-refractivity contribution in [1.82, 2.24) is 0 Å². The molecule has 2 aromatic rings. The van der Waals surface area contributed by atoms with Gasteiger partial charge >= 0.3 is 0 Å². The molecule has 0 saturated carbocycles. The molecule has 0 atom stereocenters. The highest BCUT2D eigenvalue weighted by Crippen LogP contribution is 2.03. The predicted octanol–water partition coefficient (Wildman–Crippen LogP) is 3.51. The fourth-order valence-corrected chi connectivity index (χ4v) is 1.19. The van der Waals surface area contributed by atoms with E-state index in [1.165, 1.54) is 5.69 Å². The predicted molar refractivity (Wildman–Crippen MR) is 68.7 cm³/mol. The van der Waals surface area contributed by atoms with Crippen molar-refractivity contribution in [2.45, 2.75) is 6.92 Å². The summed E-state index contributed by atoms with van der Waals surface area (Å²) in [7, 11) is 0. The highest BCUT2D eigenvalue weighted by atomic mass is 16.3. The number of anilines is 1. The molecule has 2 aromatic carbocycles. The zero-order valence-corrected chi connectivity index (χ0v) is 9.43. The summed E-state index contributed by atoms with van der Waals surface area (Å²) in [6, 6.07) is 18.9. The van der Waals surface area contributed by atoms with Crippen molar-refractivity contribution in [3.05, 3.63) is 60.7 Å². The lowest BCUT2D eigenvalue weighted by Crippen LogP contribution is -1.94. The Morgan fingerprint density at radius 3 is 1.75 bits per heavy atom. The van der Waals surface area contributed by atoms with E-state index in [0.29, 0.717) is 5.75 Å². The molecule has 0 bridgehead atoms. The standard InChI is InChI=1S/C8H11N.C6H6O/c1-2-9-8-6-4-3-5-7-8;7-6-4-2-1-3-5-6/h3-7,9H,2H2,1H3;1-5,7H. The van der Waals surface area contributed by atoms with E-state index in [4.69, 9.17) is 5.11 Å². The van der Waals surface area contributed by atoms with Crippen molar-refractivity contribution in [3.63, 3.8) is 0 Å². The number of rotatable bonds is 2. The number of nitrogens with one attached hydrogen (secondary N) is 1. The second-order valence-electron chi connectivity index (χ2n) is 3.23. The molecule has 0 aromatic heterocycles. The maximum atomic E-state index is 8.63. The van der Waals surface area contributed by atoms with E-state index < -0.39 is 0 Å². The van der Waals surface area contributed by atoms with Gasteiger partial charge in [0.1, 0.15) is 5.75 Å². The summed E-state index contributed by atoms with van der Waals surface area (Å²) in [5.74, 6) is 0.322. The Balaban J connectivity index is 0.000000165. The molecule has 0 unspecified atom stereocenters. The van der Waals surface area contributed by atoms with Crippen molar-refractivity contribution in [3.8, 4) is 5.75 Å². The maximum absolute atomic E-state index is 8.63. The van der Waals surface area contributed by atoms with Gasteiger partial charge in [0.05, 0.1) is 0 Å². The minimum atomic E-state index is 0.322. The van der Waals surface area contributed by atoms with E-state index in [1.54, 1.807) is 24.3 Å². The molecule has 0 spiro atoms. The van der Waals surface area contributed by atoms with Crippen LogP contribution in [0.4, 0.5) is 5.69 Å². The van der Waals surface area contributed by atoms with Gasteiger partial charge in [-0.2, -0.15) is 0 Å². The van der Waals surface area contributed by atoms with Crippen LogP contribution in [-0.4, -0.2) is 11.7 Å². The van der Waals surface area contributed by atoms with E-state index in [9.17, 15) is 0 Å². The van der Waals surface area contributed by atoms with Crippen molar-refractivity contribution >= 4 is 5.69 Å². The van der Waals surface area contributed by atoms with E-state index in [0.717, 1.165) is 6.54 Å². The number of benzene rings is 2. The smallest absolute Gasteiger partial charge is 0.115 e. The molecule has 2 nitrogen and oxygen atoms in total. The second-order valence-corrected chi connectivity index (χ2v) is 3.23. The number of hydrogen-bond acceptors (Lipinski definition) is 2. The molecule has 0 aliphatic heterocycles. The Morgan fingerprint density at radius 2 is 1.38 bits per heavy atom. The van der Waals surface area contributed by atoms with Gasteiger partial charge in [0.2, 0.25) is 0 Å². The molecule has 0 aliphatic carbocycles. The molecule has 0 radical (unpaired) electrons. The lowest BCUT2D eigenvalue weighted by Gasteiger charge is -1.99. The first kappa shape index (κ1) is 12.1. The summed E-state index contributed by atoms with van der Waals surface area (Å²) in [6.45, 7) is 3.08. The van der Waals surface area contributed by atoms with Crippen LogP contribution in [-0.2, 0) is 0 Å². The van der Waals surface area contributed by atoms with Crippen molar-refractivity contribution in [2.75, 3.05) is 11.9 Å². The van der Waals surface area contributed by atoms with E-state index in [-0.39, 0.29) is 0 Å². The van der Waals surface area contributed by atoms with Gasteiger partial charge in [0, 0.05) is 12.2 Å². The number of phenolic OH excluding ortho intramolecular Hbond substituents is 1. The Bertz CT molecular complexity index is 372. The fourth-order valence-electron chi connectivity index (χ4n) is 1.19. The molecule has 2 heteroatoms. The lowest BCUT2D eigenvalue weighted by molar-refractivity contribution is 0.475. The first-order chi connectivity index (χ1) is 7.83. The lowest BCUT2D eigenvalue weighted by atomic mass is 10.3. The molecule has 0 amide bonds. The fraction of sp³-hybridized carbons (Fsp3) is 0.143. The molecule has 84 valence electrons. The Labute approximate surface area is 96.6 Å². The van der Waals surface area contributed by atoms with Crippen molar-refractivity contribution < 1.29 is 5.11 Å². The molecule has 2 rings (SSSR count). The first-order valence-electron chi connectivity index (χ1n) is 5.36. The van der Waals surface area contributed by atoms with Gasteiger partial charge in [0.25, 0.3) is 0 Å². The molecule has 2 N–H and O–H groups in total. The van der Waals surface area contributed by atoms with E-state index >= 15 is 0 Å². The van der Waals surface area contributed by atoms with Crippen LogP contribution in [0, 0.1) is 0 Å². The third-order valence-electron chi connectivity index (χ3n) is 1.91. The van der Waals surface area contributed by atoms with Gasteiger partial charge in [-0.1, -0.05) is 36.4 Å². The third kappa shape index (κ3) is 5.05. The minimum absolute atomic E-state index is 0.322. The van der Waals surface area contributed by atoms with Crippen LogP contribution in [0.25, 0.3) is 0 Å². The second kappa shape index (κ2) is 7.35. The summed E-state index contributed by atoms with van der Waals surface area (Å²) in [6.07, 6.45) is 0. The molecular formula is C14H17NO. The third-order valence-corrected chi connectivity index (χ3v) is 1.91. The van der Waals surface area contributed by atoms with Gasteiger partial charge in [-0.05, 0) is 31.2 Å². The minimum Gasteiger partial charge on any atom is -0.508 e. The van der Waals surface area contributed by atoms with Crippen LogP contribution in [0.15, 0.2) is 60.7 Å². The average Bonchev–Trinajstić information content (AvgIpc) is 2.33. The molecule has 16 heavy (non-hydrogen) atoms. The topological polar surface area (TPSA) is 32.3 Å². The molecule has 0 fully saturated rings. The zero-order chi connectivity index (χ0) is 11.6. The zero-order valence-electron chi connectivity index (χ0n) is 9.43. The normalized spacial score (nSPS) is 8.81. The Kier molecular flexibility index (Phi) is 5.56. The molecule has 0 saturated heterocycles. The van der Waals surface area contributed by atoms with Crippen LogP contribution >= 0.6 is 0 Å². The van der Waals surface area contributed by atoms with Gasteiger partial charge in [-0.25, -0.2) is 0 Å². The largest absolute Gasteiger partial charge is 0.508 e. The Morgan fingerprint density at radius 1 is 0.875 bits per heavy atom. The summed E-state index contributed by atoms with van der Waals surface area (Å²) in [4.78, 5) is 0. The highest BCUT2D eigenvalue weighted by Gasteiger charge is 1.81. The molecular weight excluding hydrogens is 198 g/mol. The number of phenols is 1. The summed E-state index contributed by atoms with van der Waals surface area (Å²) < 4.78 is 0. The van der Waals surface area contributed by atoms with Crippen LogP contribution in [0.2, 0.25) is 0 Å². The SMILES string of the molecule is CCNc1ccccc1.Oc1ccccc1. The van der Waals surface area contributed by atoms with Crippen LogP contribution in [0.1, 0.15) is 6.92 Å². The van der Waals surface area contributed by atoms with Gasteiger partial charge in [0.15, 0.2) is 0 Å².